The van der Waals surface area contributed by atoms with Crippen molar-refractivity contribution in [3.63, 3.8) is 0 Å². The zero-order valence-electron chi connectivity index (χ0n) is 63.2. The molecule has 1 saturated heterocycles. The van der Waals surface area contributed by atoms with E-state index < -0.39 is 181 Å². The summed E-state index contributed by atoms with van der Waals surface area (Å²) in [4.78, 5) is 221. The van der Waals surface area contributed by atoms with Gasteiger partial charge in [-0.25, -0.2) is 4.79 Å². The van der Waals surface area contributed by atoms with Crippen LogP contribution < -0.4 is 64.2 Å². The Morgan fingerprint density at radius 1 is 0.500 bits per heavy atom. The molecule has 1 aromatic heterocycles. The average molecular weight is 1580 g/mol. The van der Waals surface area contributed by atoms with E-state index in [-0.39, 0.29) is 75.3 Å². The molecule has 0 spiro atoms. The number of aromatic amines is 1. The molecule has 0 unspecified atom stereocenters. The fourth-order valence-corrected chi connectivity index (χ4v) is 12.6. The number of unbranched alkanes of at least 4 members (excludes halogenated alkanes) is 1. The van der Waals surface area contributed by atoms with Gasteiger partial charge in [0.2, 0.25) is 70.9 Å². The van der Waals surface area contributed by atoms with Crippen molar-refractivity contribution in [2.75, 3.05) is 26.2 Å². The van der Waals surface area contributed by atoms with E-state index in [0.717, 1.165) is 11.8 Å². The molecule has 0 bridgehead atoms. The standard InChI is InChI=1S/C79H96N14O21/c1-5-43(2)68(77(111)86-56(18-11-12-32-80)72(106)91-62(79(113)114)36-48-24-30-53(96)31-25-48)92-65(98)42-82-64(97)41-83-71(105)57(34-47-22-28-52(95)29-23-47)88-75(109)60(38-66(99)100)87-70(104)44(3)84-76(110)63-19-13-33-93(63)78(112)61(39-67(101)102)90-74(108)59(37-51-40-81-55-17-10-9-16-54(51)55)89-73(107)58(85-45(4)94)35-46-20-26-50(27-21-46)69(103)49-14-7-6-8-15-49/h6-10,14-17,20-31,40,43-44,56-63,68,81,95-96H,5,11-13,18-19,32-39,41-42,80H2,1-4H3,(H,82,97)(H,83,105)(H,84,110)(H,85,94)(H,86,111)(H,87,104)(H,88,109)(H,89,107)(H,90,108)(H,91,106)(H,92,98)(H,99,100)(H,101,102)(H,113,114)/t43-,44-,56-,57-,58-,59-,60-,61-,62-,63-,68-/m0/s1. The molecule has 12 amide bonds. The average Bonchev–Trinajstić information content (AvgIpc) is 1.67. The number of aromatic hydroxyl groups is 2. The van der Waals surface area contributed by atoms with Gasteiger partial charge in [0.1, 0.15) is 71.9 Å². The smallest absolute Gasteiger partial charge is 0.326 e. The van der Waals surface area contributed by atoms with Gasteiger partial charge in [0.05, 0.1) is 25.9 Å². The summed E-state index contributed by atoms with van der Waals surface area (Å²) in [5, 5.41) is 77.5. The summed E-state index contributed by atoms with van der Waals surface area (Å²) in [6, 6.07) is 17.5. The first-order valence-corrected chi connectivity index (χ1v) is 37.0. The number of phenolic OH excluding ortho intramolecular Hbond substituents is 2. The number of fused-ring (bicyclic) bond motifs is 1. The van der Waals surface area contributed by atoms with Crippen LogP contribution in [0.5, 0.6) is 11.5 Å². The molecule has 6 aromatic rings. The normalized spacial score (nSPS) is 15.0. The van der Waals surface area contributed by atoms with Gasteiger partial charge in [0.25, 0.3) is 0 Å². The Hall–Kier alpha value is -13.1. The second kappa shape index (κ2) is 42.9. The Morgan fingerprint density at radius 3 is 1.57 bits per heavy atom. The van der Waals surface area contributed by atoms with Crippen molar-refractivity contribution in [1.29, 1.82) is 0 Å². The van der Waals surface area contributed by atoms with Crippen LogP contribution in [0.25, 0.3) is 10.9 Å². The highest BCUT2D eigenvalue weighted by Crippen LogP contribution is 2.24. The predicted octanol–water partition coefficient (Wildman–Crippen LogP) is -0.0838. The van der Waals surface area contributed by atoms with Crippen LogP contribution >= 0.6 is 0 Å². The minimum atomic E-state index is -1.97. The third-order valence-electron chi connectivity index (χ3n) is 19.0. The van der Waals surface area contributed by atoms with Gasteiger partial charge < -0.3 is 99.6 Å². The lowest BCUT2D eigenvalue weighted by Crippen LogP contribution is -2.60. The predicted molar refractivity (Wildman–Crippen MR) is 410 cm³/mol. The number of aromatic nitrogens is 1. The highest BCUT2D eigenvalue weighted by molar-refractivity contribution is 6.09. The molecule has 0 aliphatic carbocycles. The first-order valence-electron chi connectivity index (χ1n) is 37.0. The fraction of sp³-hybridized carbons (Fsp3) is 0.392. The number of likely N-dealkylation sites (tertiary alicyclic amines) is 1. The maximum Gasteiger partial charge on any atom is 0.326 e. The number of phenols is 2. The van der Waals surface area contributed by atoms with Crippen molar-refractivity contribution in [3.05, 3.63) is 167 Å². The molecule has 35 nitrogen and oxygen atoms in total. The van der Waals surface area contributed by atoms with Crippen LogP contribution in [-0.2, 0) is 97.6 Å². The van der Waals surface area contributed by atoms with Gasteiger partial charge >= 0.3 is 17.9 Å². The van der Waals surface area contributed by atoms with Gasteiger partial charge in [0, 0.05) is 67.4 Å². The number of rotatable bonds is 43. The number of carbonyl (C=O) groups is 16. The molecule has 11 atom stereocenters. The number of nitrogens with two attached hydrogens (primary N) is 1. The summed E-state index contributed by atoms with van der Waals surface area (Å²) in [6.45, 7) is 4.19. The van der Waals surface area contributed by atoms with Crippen LogP contribution in [-0.4, -0.2) is 217 Å². The number of hydrogen-bond donors (Lipinski definition) is 18. The van der Waals surface area contributed by atoms with E-state index in [1.807, 2.05) is 0 Å². The number of carboxylic acids is 3. The number of para-hydroxylation sites is 1. The van der Waals surface area contributed by atoms with Crippen molar-refractivity contribution in [3.8, 4) is 11.5 Å². The van der Waals surface area contributed by atoms with Gasteiger partial charge in [-0.2, -0.15) is 0 Å². The minimum absolute atomic E-state index is 0.0337. The summed E-state index contributed by atoms with van der Waals surface area (Å²) < 4.78 is 0. The molecule has 7 rings (SSSR count). The number of ketones is 1. The largest absolute Gasteiger partial charge is 0.508 e. The zero-order valence-corrected chi connectivity index (χ0v) is 63.2. The van der Waals surface area contributed by atoms with E-state index in [2.05, 4.69) is 63.5 Å². The molecular weight excluding hydrogens is 1480 g/mol. The quantitative estimate of drug-likeness (QED) is 0.0176. The molecule has 1 aliphatic rings. The Balaban J connectivity index is 0.976. The van der Waals surface area contributed by atoms with E-state index in [1.54, 1.807) is 98.9 Å². The number of H-pyrrole nitrogens is 1. The fourth-order valence-electron chi connectivity index (χ4n) is 12.6. The molecular formula is C79H96N14O21. The van der Waals surface area contributed by atoms with Crippen molar-refractivity contribution < 1.29 is 102 Å². The molecule has 1 aliphatic heterocycles. The summed E-state index contributed by atoms with van der Waals surface area (Å²) in [5.41, 5.74) is 8.98. The Morgan fingerprint density at radius 2 is 0.991 bits per heavy atom. The number of carbonyl (C=O) groups excluding carboxylic acids is 13. The molecule has 0 saturated carbocycles. The first kappa shape index (κ1) is 88.1. The van der Waals surface area contributed by atoms with Crippen LogP contribution in [0.4, 0.5) is 0 Å². The monoisotopic (exact) mass is 1580 g/mol. The molecule has 1 fully saturated rings. The third-order valence-corrected chi connectivity index (χ3v) is 19.0. The Bertz CT molecular complexity index is 4450. The number of aliphatic carboxylic acids is 3. The van der Waals surface area contributed by atoms with Gasteiger partial charge in [-0.3, -0.25) is 71.9 Å². The lowest BCUT2D eigenvalue weighted by molar-refractivity contribution is -0.146. The van der Waals surface area contributed by atoms with Crippen molar-refractivity contribution in [2.45, 2.75) is 165 Å². The molecule has 2 heterocycles. The Labute approximate surface area is 654 Å². The molecule has 35 heteroatoms. The van der Waals surface area contributed by atoms with Crippen LogP contribution in [0.2, 0.25) is 0 Å². The van der Waals surface area contributed by atoms with Gasteiger partial charge in [0.15, 0.2) is 5.78 Å². The van der Waals surface area contributed by atoms with Crippen LogP contribution in [0.15, 0.2) is 134 Å². The van der Waals surface area contributed by atoms with Gasteiger partial charge in [-0.05, 0) is 104 Å². The van der Waals surface area contributed by atoms with E-state index >= 15 is 0 Å². The van der Waals surface area contributed by atoms with Gasteiger partial charge in [-0.15, -0.1) is 0 Å². The maximum atomic E-state index is 14.7. The van der Waals surface area contributed by atoms with Crippen LogP contribution in [0, 0.1) is 5.92 Å². The molecule has 608 valence electrons. The summed E-state index contributed by atoms with van der Waals surface area (Å²) in [7, 11) is 0. The van der Waals surface area contributed by atoms with Crippen molar-refractivity contribution in [2.24, 2.45) is 11.7 Å². The van der Waals surface area contributed by atoms with E-state index in [4.69, 9.17) is 5.73 Å². The first-order chi connectivity index (χ1) is 54.3. The second-order valence-electron chi connectivity index (χ2n) is 27.7. The van der Waals surface area contributed by atoms with E-state index in [9.17, 15) is 102 Å². The minimum Gasteiger partial charge on any atom is -0.508 e. The number of amides is 12. The molecule has 19 N–H and O–H groups in total. The Kier molecular flexibility index (Phi) is 33.2. The van der Waals surface area contributed by atoms with E-state index in [1.165, 1.54) is 55.5 Å². The topological polar surface area (TPSA) is 552 Å². The van der Waals surface area contributed by atoms with Gasteiger partial charge in [-0.1, -0.05) is 117 Å². The zero-order chi connectivity index (χ0) is 83.3. The SMILES string of the molecule is CC[C@H](C)[C@H](NC(=O)CNC(=O)CNC(=O)[C@H](Cc1ccc(O)cc1)NC(=O)[C@H](CC(=O)O)NC(=O)[C@H](C)NC(=O)[C@@H]1CCCN1C(=O)[C@H](CC(=O)O)NC(=O)[C@H](Cc1c[nH]c2ccccc12)NC(=O)[C@H](Cc1ccc(C(=O)c2ccccc2)cc1)NC(C)=O)C(=O)N[C@@H](CCCCN)C(=O)N[C@@H](Cc1ccc(O)cc1)C(=O)O. The highest BCUT2D eigenvalue weighted by atomic mass is 16.4. The van der Waals surface area contributed by atoms with Crippen LogP contribution in [0.1, 0.15) is 117 Å². The number of benzene rings is 5. The number of nitrogens with one attached hydrogen (secondary N) is 12. The maximum absolute atomic E-state index is 14.7. The van der Waals surface area contributed by atoms with Crippen molar-refractivity contribution >= 4 is 105 Å². The van der Waals surface area contributed by atoms with E-state index in [0.29, 0.717) is 63.5 Å². The summed E-state index contributed by atoms with van der Waals surface area (Å²) >= 11 is 0. The number of nitrogens with zero attached hydrogens (tertiary/aromatic N) is 1. The number of carboxylic acid groups (broad SMARTS) is 3. The second-order valence-corrected chi connectivity index (χ2v) is 27.7. The molecule has 0 radical (unpaired) electrons. The summed E-state index contributed by atoms with van der Waals surface area (Å²) in [5.74, 6) is -17.1. The molecule has 114 heavy (non-hydrogen) atoms. The van der Waals surface area contributed by atoms with Crippen LogP contribution in [0.3, 0.4) is 0 Å². The summed E-state index contributed by atoms with van der Waals surface area (Å²) in [6.07, 6.45) is -0.170. The highest BCUT2D eigenvalue weighted by Gasteiger charge is 2.42. The third kappa shape index (κ3) is 26.9. The number of hydrogen-bond acceptors (Lipinski definition) is 19. The molecule has 5 aromatic carbocycles. The lowest BCUT2D eigenvalue weighted by Gasteiger charge is -2.30. The van der Waals surface area contributed by atoms with Crippen molar-refractivity contribution in [1.82, 2.24) is 68.4 Å². The lowest BCUT2D eigenvalue weighted by atomic mass is 9.97.